The normalized spacial score (nSPS) is 16.1. The molecule has 0 spiro atoms. The molecule has 4 heteroatoms. The zero-order valence-corrected chi connectivity index (χ0v) is 11.2. The summed E-state index contributed by atoms with van der Waals surface area (Å²) in [5, 5.41) is 3.32. The predicted octanol–water partition coefficient (Wildman–Crippen LogP) is 2.65. The maximum absolute atomic E-state index is 12.8. The Hall–Kier alpha value is -1.42. The van der Waals surface area contributed by atoms with E-state index in [9.17, 15) is 9.18 Å². The molecule has 0 aliphatic heterocycles. The fourth-order valence-corrected chi connectivity index (χ4v) is 1.81. The lowest BCUT2D eigenvalue weighted by molar-refractivity contribution is -0.145. The Balaban J connectivity index is 1.72. The molecule has 1 atom stereocenters. The van der Waals surface area contributed by atoms with Crippen molar-refractivity contribution >= 4 is 5.97 Å². The van der Waals surface area contributed by atoms with Gasteiger partial charge in [-0.25, -0.2) is 4.39 Å². The third-order valence-electron chi connectivity index (χ3n) is 3.34. The van der Waals surface area contributed by atoms with Gasteiger partial charge in [0.05, 0.1) is 5.92 Å². The smallest absolute Gasteiger partial charge is 0.308 e. The number of hydrogen-bond donors (Lipinski definition) is 1. The van der Waals surface area contributed by atoms with Crippen molar-refractivity contribution in [3.8, 4) is 0 Å². The number of carbonyl (C=O) groups excluding carboxylic acids is 1. The molecule has 1 aliphatic rings. The fraction of sp³-hybridized carbons (Fsp3) is 0.533. The summed E-state index contributed by atoms with van der Waals surface area (Å²) < 4.78 is 18.0. The highest BCUT2D eigenvalue weighted by atomic mass is 19.1. The molecule has 0 saturated heterocycles. The second-order valence-corrected chi connectivity index (χ2v) is 5.02. The second-order valence-electron chi connectivity index (χ2n) is 5.02. The van der Waals surface area contributed by atoms with Gasteiger partial charge in [0.1, 0.15) is 12.4 Å². The van der Waals surface area contributed by atoms with Crippen molar-refractivity contribution in [2.45, 2.75) is 38.8 Å². The Morgan fingerprint density at radius 3 is 2.68 bits per heavy atom. The van der Waals surface area contributed by atoms with Gasteiger partial charge in [-0.2, -0.15) is 0 Å². The summed E-state index contributed by atoms with van der Waals surface area (Å²) >= 11 is 0. The van der Waals surface area contributed by atoms with Gasteiger partial charge >= 0.3 is 5.97 Å². The van der Waals surface area contributed by atoms with Gasteiger partial charge in [-0.1, -0.05) is 19.1 Å². The zero-order chi connectivity index (χ0) is 13.7. The molecular formula is C15H20FNO2. The van der Waals surface area contributed by atoms with E-state index in [-0.39, 0.29) is 23.7 Å². The van der Waals surface area contributed by atoms with E-state index in [0.29, 0.717) is 13.2 Å². The van der Waals surface area contributed by atoms with Crippen LogP contribution in [0, 0.1) is 11.7 Å². The van der Waals surface area contributed by atoms with Crippen LogP contribution in [0.15, 0.2) is 24.3 Å². The van der Waals surface area contributed by atoms with Crippen molar-refractivity contribution in [1.29, 1.82) is 0 Å². The molecule has 0 heterocycles. The van der Waals surface area contributed by atoms with E-state index >= 15 is 0 Å². The molecule has 0 bridgehead atoms. The molecule has 19 heavy (non-hydrogen) atoms. The van der Waals surface area contributed by atoms with Crippen LogP contribution in [0.5, 0.6) is 0 Å². The first-order valence-corrected chi connectivity index (χ1v) is 6.83. The molecule has 1 aromatic carbocycles. The summed E-state index contributed by atoms with van der Waals surface area (Å²) in [6.07, 6.45) is 2.83. The number of esters is 1. The number of ether oxygens (including phenoxy) is 1. The van der Waals surface area contributed by atoms with Crippen LogP contribution in [0.4, 0.5) is 4.39 Å². The highest BCUT2D eigenvalue weighted by Gasteiger charge is 2.31. The molecule has 1 aromatic rings. The Morgan fingerprint density at radius 2 is 2.11 bits per heavy atom. The van der Waals surface area contributed by atoms with Crippen LogP contribution in [-0.4, -0.2) is 18.6 Å². The van der Waals surface area contributed by atoms with Crippen LogP contribution in [-0.2, 0) is 16.1 Å². The summed E-state index contributed by atoms with van der Waals surface area (Å²) in [6, 6.07) is 6.56. The topological polar surface area (TPSA) is 38.3 Å². The van der Waals surface area contributed by atoms with Crippen molar-refractivity contribution in [3.05, 3.63) is 35.6 Å². The Bertz CT molecular complexity index is 415. The van der Waals surface area contributed by atoms with E-state index in [2.05, 4.69) is 5.32 Å². The summed E-state index contributed by atoms with van der Waals surface area (Å²) in [4.78, 5) is 11.4. The lowest BCUT2D eigenvalue weighted by Crippen LogP contribution is -2.33. The summed E-state index contributed by atoms with van der Waals surface area (Å²) in [7, 11) is 0. The second kappa shape index (κ2) is 6.66. The molecule has 1 N–H and O–H groups in total. The highest BCUT2D eigenvalue weighted by molar-refractivity contribution is 5.74. The van der Waals surface area contributed by atoms with Gasteiger partial charge in [0, 0.05) is 12.6 Å². The first-order valence-electron chi connectivity index (χ1n) is 6.83. The zero-order valence-electron chi connectivity index (χ0n) is 11.2. The van der Waals surface area contributed by atoms with Crippen molar-refractivity contribution in [3.63, 3.8) is 0 Å². The average molecular weight is 265 g/mol. The first-order chi connectivity index (χ1) is 9.19. The SMILES string of the molecule is CCC(COC(=O)C1CC1)NCc1ccc(F)cc1. The lowest BCUT2D eigenvalue weighted by atomic mass is 10.2. The minimum absolute atomic E-state index is 0.0676. The molecule has 1 fully saturated rings. The Kier molecular flexibility index (Phi) is 4.91. The standard InChI is InChI=1S/C15H20FNO2/c1-2-14(10-19-15(18)12-5-6-12)17-9-11-3-7-13(16)8-4-11/h3-4,7-8,12,14,17H,2,5-6,9-10H2,1H3. The molecule has 1 saturated carbocycles. The van der Waals surface area contributed by atoms with Crippen LogP contribution < -0.4 is 5.32 Å². The van der Waals surface area contributed by atoms with Crippen molar-refractivity contribution in [2.24, 2.45) is 5.92 Å². The predicted molar refractivity (Wildman–Crippen MR) is 71.0 cm³/mol. The fourth-order valence-electron chi connectivity index (χ4n) is 1.81. The van der Waals surface area contributed by atoms with Gasteiger partial charge in [0.25, 0.3) is 0 Å². The van der Waals surface area contributed by atoms with Crippen molar-refractivity contribution in [2.75, 3.05) is 6.61 Å². The number of carbonyl (C=O) groups is 1. The summed E-state index contributed by atoms with van der Waals surface area (Å²) in [5.74, 6) is -0.147. The molecule has 1 aliphatic carbocycles. The monoisotopic (exact) mass is 265 g/mol. The molecule has 3 nitrogen and oxygen atoms in total. The molecule has 2 rings (SSSR count). The van der Waals surface area contributed by atoms with Crippen LogP contribution in [0.1, 0.15) is 31.7 Å². The van der Waals surface area contributed by atoms with Gasteiger partial charge in [0.15, 0.2) is 0 Å². The molecule has 0 aromatic heterocycles. The maximum atomic E-state index is 12.8. The summed E-state index contributed by atoms with van der Waals surface area (Å²) in [5.41, 5.74) is 1.02. The van der Waals surface area contributed by atoms with Crippen LogP contribution in [0.2, 0.25) is 0 Å². The minimum atomic E-state index is -0.228. The van der Waals surface area contributed by atoms with Gasteiger partial charge in [-0.15, -0.1) is 0 Å². The van der Waals surface area contributed by atoms with E-state index < -0.39 is 0 Å². The third kappa shape index (κ3) is 4.63. The Morgan fingerprint density at radius 1 is 1.42 bits per heavy atom. The molecule has 1 unspecified atom stereocenters. The van der Waals surface area contributed by atoms with Crippen LogP contribution in [0.3, 0.4) is 0 Å². The molecule has 0 radical (unpaired) electrons. The maximum Gasteiger partial charge on any atom is 0.308 e. The van der Waals surface area contributed by atoms with E-state index in [4.69, 9.17) is 4.74 Å². The van der Waals surface area contributed by atoms with Crippen molar-refractivity contribution < 1.29 is 13.9 Å². The number of benzene rings is 1. The lowest BCUT2D eigenvalue weighted by Gasteiger charge is -2.17. The van der Waals surface area contributed by atoms with Gasteiger partial charge in [-0.3, -0.25) is 4.79 Å². The number of rotatable bonds is 7. The number of hydrogen-bond acceptors (Lipinski definition) is 3. The van der Waals surface area contributed by atoms with E-state index in [1.807, 2.05) is 6.92 Å². The molecule has 0 amide bonds. The average Bonchev–Trinajstić information content (AvgIpc) is 3.25. The third-order valence-corrected chi connectivity index (χ3v) is 3.34. The summed E-state index contributed by atoms with van der Waals surface area (Å²) in [6.45, 7) is 3.11. The van der Waals surface area contributed by atoms with E-state index in [1.54, 1.807) is 12.1 Å². The first kappa shape index (κ1) is 14.0. The van der Waals surface area contributed by atoms with Crippen molar-refractivity contribution in [1.82, 2.24) is 5.32 Å². The van der Waals surface area contributed by atoms with Gasteiger partial charge < -0.3 is 10.1 Å². The quantitative estimate of drug-likeness (QED) is 0.770. The number of nitrogens with one attached hydrogen (secondary N) is 1. The molecular weight excluding hydrogens is 245 g/mol. The van der Waals surface area contributed by atoms with Gasteiger partial charge in [0.2, 0.25) is 0 Å². The highest BCUT2D eigenvalue weighted by Crippen LogP contribution is 2.30. The van der Waals surface area contributed by atoms with E-state index in [0.717, 1.165) is 24.8 Å². The van der Waals surface area contributed by atoms with Crippen LogP contribution in [0.25, 0.3) is 0 Å². The minimum Gasteiger partial charge on any atom is -0.464 e. The van der Waals surface area contributed by atoms with Crippen LogP contribution >= 0.6 is 0 Å². The molecule has 104 valence electrons. The Labute approximate surface area is 113 Å². The largest absolute Gasteiger partial charge is 0.464 e. The van der Waals surface area contributed by atoms with Gasteiger partial charge in [-0.05, 0) is 37.0 Å². The van der Waals surface area contributed by atoms with E-state index in [1.165, 1.54) is 12.1 Å². The number of halogens is 1.